The first-order valence-corrected chi connectivity index (χ1v) is 8.03. The third-order valence-corrected chi connectivity index (χ3v) is 4.54. The predicted octanol–water partition coefficient (Wildman–Crippen LogP) is 2.94. The molecule has 0 radical (unpaired) electrons. The lowest BCUT2D eigenvalue weighted by Gasteiger charge is -2.16. The minimum Gasteiger partial charge on any atom is -0.361 e. The maximum absolute atomic E-state index is 12.5. The van der Waals surface area contributed by atoms with Gasteiger partial charge in [-0.15, -0.1) is 0 Å². The number of fused-ring (bicyclic) bond motifs is 1. The third kappa shape index (κ3) is 2.79. The molecule has 126 valence electrons. The van der Waals surface area contributed by atoms with Gasteiger partial charge >= 0.3 is 0 Å². The van der Waals surface area contributed by atoms with Crippen molar-refractivity contribution >= 4 is 23.2 Å². The number of nitrogens with one attached hydrogen (secondary N) is 1. The summed E-state index contributed by atoms with van der Waals surface area (Å²) in [5.41, 5.74) is 4.31. The van der Waals surface area contributed by atoms with Crippen LogP contribution in [0.5, 0.6) is 0 Å². The van der Waals surface area contributed by atoms with E-state index in [2.05, 4.69) is 10.5 Å². The van der Waals surface area contributed by atoms with E-state index < -0.39 is 0 Å². The van der Waals surface area contributed by atoms with Crippen molar-refractivity contribution in [1.82, 2.24) is 5.16 Å². The molecular formula is C18H21N3O3. The number of nitrogens with zero attached hydrogens (tertiary/aromatic N) is 2. The number of carbonyl (C=O) groups excluding carboxylic acids is 2. The number of rotatable bonds is 3. The zero-order chi connectivity index (χ0) is 17.4. The van der Waals surface area contributed by atoms with Crippen LogP contribution in [0.2, 0.25) is 0 Å². The number of benzene rings is 1. The van der Waals surface area contributed by atoms with Gasteiger partial charge in [-0.3, -0.25) is 9.59 Å². The average molecular weight is 327 g/mol. The van der Waals surface area contributed by atoms with E-state index in [1.165, 1.54) is 0 Å². The standard InChI is InChI=1S/C18H21N3O3/c1-10(17-11(2)20-24-12(17)3)18(23)19-15-5-6-16-14(9-15)7-8-21(16)13(4)22/h5-6,9-10H,7-8H2,1-4H3,(H,19,23)/t10-/m0/s1. The van der Waals surface area contributed by atoms with E-state index in [-0.39, 0.29) is 17.7 Å². The van der Waals surface area contributed by atoms with Crippen molar-refractivity contribution in [2.45, 2.75) is 40.0 Å². The van der Waals surface area contributed by atoms with Gasteiger partial charge in [-0.25, -0.2) is 0 Å². The topological polar surface area (TPSA) is 75.4 Å². The SMILES string of the molecule is CC(=O)N1CCc2cc(NC(=O)[C@@H](C)c3c(C)noc3C)ccc21. The van der Waals surface area contributed by atoms with Crippen LogP contribution in [0.1, 0.15) is 42.3 Å². The van der Waals surface area contributed by atoms with Gasteiger partial charge in [-0.05, 0) is 51.0 Å². The first-order valence-electron chi connectivity index (χ1n) is 8.03. The Morgan fingerprint density at radius 2 is 2.08 bits per heavy atom. The van der Waals surface area contributed by atoms with Crippen LogP contribution in [-0.2, 0) is 16.0 Å². The molecule has 2 aromatic rings. The van der Waals surface area contributed by atoms with E-state index in [9.17, 15) is 9.59 Å². The number of carbonyl (C=O) groups is 2. The van der Waals surface area contributed by atoms with Crippen LogP contribution in [0, 0.1) is 13.8 Å². The Balaban J connectivity index is 1.77. The van der Waals surface area contributed by atoms with Gasteiger partial charge in [-0.2, -0.15) is 0 Å². The Hall–Kier alpha value is -2.63. The highest BCUT2D eigenvalue weighted by Crippen LogP contribution is 2.31. The summed E-state index contributed by atoms with van der Waals surface area (Å²) in [5.74, 6) is 0.253. The van der Waals surface area contributed by atoms with E-state index in [4.69, 9.17) is 4.52 Å². The van der Waals surface area contributed by atoms with E-state index in [0.717, 1.165) is 34.6 Å². The fourth-order valence-corrected chi connectivity index (χ4v) is 3.30. The van der Waals surface area contributed by atoms with Crippen LogP contribution in [0.3, 0.4) is 0 Å². The molecule has 0 spiro atoms. The second-order valence-electron chi connectivity index (χ2n) is 6.21. The molecule has 3 rings (SSSR count). The summed E-state index contributed by atoms with van der Waals surface area (Å²) in [6.07, 6.45) is 0.804. The lowest BCUT2D eigenvalue weighted by atomic mass is 9.98. The van der Waals surface area contributed by atoms with Gasteiger partial charge < -0.3 is 14.7 Å². The molecule has 0 saturated carbocycles. The Morgan fingerprint density at radius 1 is 1.33 bits per heavy atom. The van der Waals surface area contributed by atoms with Crippen molar-refractivity contribution in [2.75, 3.05) is 16.8 Å². The lowest BCUT2D eigenvalue weighted by Crippen LogP contribution is -2.25. The predicted molar refractivity (Wildman–Crippen MR) is 91.2 cm³/mol. The maximum Gasteiger partial charge on any atom is 0.231 e. The highest BCUT2D eigenvalue weighted by molar-refractivity contribution is 5.97. The van der Waals surface area contributed by atoms with E-state index in [1.54, 1.807) is 11.8 Å². The van der Waals surface area contributed by atoms with Crippen LogP contribution in [0.25, 0.3) is 0 Å². The number of aromatic nitrogens is 1. The highest BCUT2D eigenvalue weighted by atomic mass is 16.5. The first-order chi connectivity index (χ1) is 11.4. The minimum atomic E-state index is -0.349. The molecule has 0 saturated heterocycles. The molecule has 1 N–H and O–H groups in total. The van der Waals surface area contributed by atoms with E-state index in [0.29, 0.717) is 12.3 Å². The maximum atomic E-state index is 12.5. The molecule has 2 amide bonds. The normalized spacial score (nSPS) is 14.4. The van der Waals surface area contributed by atoms with Gasteiger partial charge in [0.1, 0.15) is 5.76 Å². The lowest BCUT2D eigenvalue weighted by molar-refractivity contribution is -0.117. The number of aryl methyl sites for hydroxylation is 2. The van der Waals surface area contributed by atoms with E-state index >= 15 is 0 Å². The second kappa shape index (κ2) is 6.11. The molecule has 2 heterocycles. The van der Waals surface area contributed by atoms with Crippen molar-refractivity contribution in [1.29, 1.82) is 0 Å². The van der Waals surface area contributed by atoms with Gasteiger partial charge in [0, 0.05) is 30.4 Å². The van der Waals surface area contributed by atoms with Gasteiger partial charge in [0.15, 0.2) is 0 Å². The molecule has 0 bridgehead atoms. The summed E-state index contributed by atoms with van der Waals surface area (Å²) >= 11 is 0. The van der Waals surface area contributed by atoms with Crippen LogP contribution >= 0.6 is 0 Å². The molecule has 0 unspecified atom stereocenters. The fourth-order valence-electron chi connectivity index (χ4n) is 3.30. The number of hydrogen-bond donors (Lipinski definition) is 1. The fraction of sp³-hybridized carbons (Fsp3) is 0.389. The monoisotopic (exact) mass is 327 g/mol. The van der Waals surface area contributed by atoms with Crippen LogP contribution in [0.15, 0.2) is 22.7 Å². The second-order valence-corrected chi connectivity index (χ2v) is 6.21. The Bertz CT molecular complexity index is 790. The Kier molecular flexibility index (Phi) is 4.13. The van der Waals surface area contributed by atoms with Crippen LogP contribution < -0.4 is 10.2 Å². The summed E-state index contributed by atoms with van der Waals surface area (Å²) in [6.45, 7) is 7.74. The molecule has 6 heteroatoms. The van der Waals surface area contributed by atoms with Crippen LogP contribution in [0.4, 0.5) is 11.4 Å². The van der Waals surface area contributed by atoms with Crippen molar-refractivity contribution in [3.8, 4) is 0 Å². The summed E-state index contributed by atoms with van der Waals surface area (Å²) in [4.78, 5) is 25.9. The van der Waals surface area contributed by atoms with Crippen molar-refractivity contribution in [3.63, 3.8) is 0 Å². The van der Waals surface area contributed by atoms with Gasteiger partial charge in [0.25, 0.3) is 0 Å². The van der Waals surface area contributed by atoms with Gasteiger partial charge in [-0.1, -0.05) is 5.16 Å². The number of hydrogen-bond acceptors (Lipinski definition) is 4. The summed E-state index contributed by atoms with van der Waals surface area (Å²) in [6, 6.07) is 5.66. The molecule has 1 aliphatic rings. The van der Waals surface area contributed by atoms with E-state index in [1.807, 2.05) is 39.0 Å². The summed E-state index contributed by atoms with van der Waals surface area (Å²) in [7, 11) is 0. The number of amides is 2. The van der Waals surface area contributed by atoms with Gasteiger partial charge in [0.05, 0.1) is 11.6 Å². The van der Waals surface area contributed by atoms with Crippen LogP contribution in [-0.4, -0.2) is 23.5 Å². The molecule has 1 atom stereocenters. The van der Waals surface area contributed by atoms with Crippen molar-refractivity contribution in [3.05, 3.63) is 40.8 Å². The molecule has 0 aliphatic carbocycles. The van der Waals surface area contributed by atoms with Gasteiger partial charge in [0.2, 0.25) is 11.8 Å². The average Bonchev–Trinajstić information content (AvgIpc) is 3.09. The zero-order valence-corrected chi connectivity index (χ0v) is 14.3. The largest absolute Gasteiger partial charge is 0.361 e. The quantitative estimate of drug-likeness (QED) is 0.940. The molecular weight excluding hydrogens is 306 g/mol. The zero-order valence-electron chi connectivity index (χ0n) is 14.3. The molecule has 0 fully saturated rings. The minimum absolute atomic E-state index is 0.0394. The number of anilines is 2. The molecule has 1 aromatic heterocycles. The molecule has 1 aromatic carbocycles. The molecule has 1 aliphatic heterocycles. The summed E-state index contributed by atoms with van der Waals surface area (Å²) < 4.78 is 5.14. The summed E-state index contributed by atoms with van der Waals surface area (Å²) in [5, 5.41) is 6.85. The Morgan fingerprint density at radius 3 is 2.71 bits per heavy atom. The first kappa shape index (κ1) is 16.2. The molecule has 6 nitrogen and oxygen atoms in total. The smallest absolute Gasteiger partial charge is 0.231 e. The highest BCUT2D eigenvalue weighted by Gasteiger charge is 2.25. The third-order valence-electron chi connectivity index (χ3n) is 4.54. The molecule has 24 heavy (non-hydrogen) atoms. The Labute approximate surface area is 140 Å². The van der Waals surface area contributed by atoms with Crippen molar-refractivity contribution in [2.24, 2.45) is 0 Å². The van der Waals surface area contributed by atoms with Crippen molar-refractivity contribution < 1.29 is 14.1 Å².